The summed E-state index contributed by atoms with van der Waals surface area (Å²) in [7, 11) is 0. The molecule has 144 valence electrons. The minimum absolute atomic E-state index is 0.227. The standard InChI is InChI=1S/C19H24ClFN6/c20-14-12-23-19(24-13-14)25-15-1-2-18(17(21)11-15)27-7-3-16(4-8-27)26-9-5-22-6-10-26/h1-2,11-13,16,22H,3-10H2,(H,23,24,25). The highest BCUT2D eigenvalue weighted by molar-refractivity contribution is 6.30. The molecular weight excluding hydrogens is 367 g/mol. The van der Waals surface area contributed by atoms with Gasteiger partial charge in [0.05, 0.1) is 23.1 Å². The van der Waals surface area contributed by atoms with E-state index in [0.717, 1.165) is 52.1 Å². The summed E-state index contributed by atoms with van der Waals surface area (Å²) in [4.78, 5) is 12.9. The van der Waals surface area contributed by atoms with Crippen molar-refractivity contribution in [3.8, 4) is 0 Å². The van der Waals surface area contributed by atoms with E-state index in [2.05, 4.69) is 30.4 Å². The lowest BCUT2D eigenvalue weighted by atomic mass is 10.0. The minimum atomic E-state index is -0.227. The van der Waals surface area contributed by atoms with E-state index in [1.165, 1.54) is 18.5 Å². The molecule has 0 atom stereocenters. The van der Waals surface area contributed by atoms with Crippen LogP contribution in [-0.4, -0.2) is 60.2 Å². The summed E-state index contributed by atoms with van der Waals surface area (Å²) >= 11 is 5.78. The van der Waals surface area contributed by atoms with Gasteiger partial charge in [-0.3, -0.25) is 4.90 Å². The van der Waals surface area contributed by atoms with Crippen LogP contribution in [0.5, 0.6) is 0 Å². The highest BCUT2D eigenvalue weighted by atomic mass is 35.5. The average Bonchev–Trinajstić information content (AvgIpc) is 2.71. The van der Waals surface area contributed by atoms with Gasteiger partial charge in [0, 0.05) is 51.0 Å². The van der Waals surface area contributed by atoms with E-state index in [0.29, 0.717) is 28.4 Å². The van der Waals surface area contributed by atoms with E-state index in [1.54, 1.807) is 0 Å². The third kappa shape index (κ3) is 4.48. The quantitative estimate of drug-likeness (QED) is 0.837. The molecule has 4 rings (SSSR count). The van der Waals surface area contributed by atoms with Crippen molar-refractivity contribution in [1.82, 2.24) is 20.2 Å². The second-order valence-corrected chi connectivity index (χ2v) is 7.46. The van der Waals surface area contributed by atoms with Crippen molar-refractivity contribution >= 4 is 28.9 Å². The molecule has 1 aromatic heterocycles. The maximum absolute atomic E-state index is 14.7. The van der Waals surface area contributed by atoms with E-state index in [1.807, 2.05) is 12.1 Å². The fraction of sp³-hybridized carbons (Fsp3) is 0.474. The fourth-order valence-electron chi connectivity index (χ4n) is 3.87. The second kappa shape index (κ2) is 8.37. The van der Waals surface area contributed by atoms with Gasteiger partial charge in [-0.25, -0.2) is 14.4 Å². The first-order valence-corrected chi connectivity index (χ1v) is 9.81. The second-order valence-electron chi connectivity index (χ2n) is 7.02. The molecule has 2 aliphatic rings. The van der Waals surface area contributed by atoms with Crippen LogP contribution >= 0.6 is 11.6 Å². The maximum atomic E-state index is 14.7. The Morgan fingerprint density at radius 3 is 2.44 bits per heavy atom. The zero-order chi connectivity index (χ0) is 18.6. The van der Waals surface area contributed by atoms with Gasteiger partial charge >= 0.3 is 0 Å². The van der Waals surface area contributed by atoms with Crippen LogP contribution < -0.4 is 15.5 Å². The van der Waals surface area contributed by atoms with Crippen LogP contribution in [0.25, 0.3) is 0 Å². The third-order valence-electron chi connectivity index (χ3n) is 5.30. The van der Waals surface area contributed by atoms with Gasteiger partial charge in [-0.2, -0.15) is 0 Å². The van der Waals surface area contributed by atoms with Gasteiger partial charge in [0.1, 0.15) is 5.82 Å². The van der Waals surface area contributed by atoms with Crippen molar-refractivity contribution in [2.75, 3.05) is 49.5 Å². The summed E-state index contributed by atoms with van der Waals surface area (Å²) in [5.41, 5.74) is 1.28. The van der Waals surface area contributed by atoms with Gasteiger partial charge in [-0.15, -0.1) is 0 Å². The molecule has 0 radical (unpaired) electrons. The first kappa shape index (κ1) is 18.4. The molecule has 0 aliphatic carbocycles. The topological polar surface area (TPSA) is 56.3 Å². The molecule has 2 saturated heterocycles. The number of rotatable bonds is 4. The molecule has 2 aromatic rings. The predicted molar refractivity (Wildman–Crippen MR) is 106 cm³/mol. The smallest absolute Gasteiger partial charge is 0.227 e. The highest BCUT2D eigenvalue weighted by Gasteiger charge is 2.26. The van der Waals surface area contributed by atoms with Crippen molar-refractivity contribution in [2.24, 2.45) is 0 Å². The Bertz CT molecular complexity index is 757. The molecule has 1 aromatic carbocycles. The SMILES string of the molecule is Fc1cc(Nc2ncc(Cl)cn2)ccc1N1CCC(N2CCNCC2)CC1. The minimum Gasteiger partial charge on any atom is -0.369 e. The zero-order valence-electron chi connectivity index (χ0n) is 15.2. The molecule has 27 heavy (non-hydrogen) atoms. The van der Waals surface area contributed by atoms with Crippen molar-refractivity contribution < 1.29 is 4.39 Å². The number of hydrogen-bond donors (Lipinski definition) is 2. The number of aromatic nitrogens is 2. The number of piperazine rings is 1. The van der Waals surface area contributed by atoms with E-state index in [9.17, 15) is 4.39 Å². The summed E-state index contributed by atoms with van der Waals surface area (Å²) in [6.07, 6.45) is 5.17. The lowest BCUT2D eigenvalue weighted by Crippen LogP contribution is -2.52. The molecule has 2 aliphatic heterocycles. The Kier molecular flexibility index (Phi) is 5.71. The molecule has 0 spiro atoms. The van der Waals surface area contributed by atoms with Crippen molar-refractivity contribution in [2.45, 2.75) is 18.9 Å². The van der Waals surface area contributed by atoms with Crippen LogP contribution in [0.1, 0.15) is 12.8 Å². The number of piperidine rings is 1. The summed E-state index contributed by atoms with van der Waals surface area (Å²) < 4.78 is 14.7. The van der Waals surface area contributed by atoms with Crippen molar-refractivity contribution in [3.63, 3.8) is 0 Å². The van der Waals surface area contributed by atoms with Gasteiger partial charge in [0.15, 0.2) is 0 Å². The lowest BCUT2D eigenvalue weighted by molar-refractivity contribution is 0.150. The Hall–Kier alpha value is -1.96. The summed E-state index contributed by atoms with van der Waals surface area (Å²) in [5.74, 6) is 0.165. The molecule has 8 heteroatoms. The van der Waals surface area contributed by atoms with Crippen LogP contribution in [0.2, 0.25) is 5.02 Å². The molecule has 0 unspecified atom stereocenters. The van der Waals surface area contributed by atoms with E-state index < -0.39 is 0 Å². The van der Waals surface area contributed by atoms with Crippen LogP contribution in [0.15, 0.2) is 30.6 Å². The third-order valence-corrected chi connectivity index (χ3v) is 5.49. The van der Waals surface area contributed by atoms with Crippen molar-refractivity contribution in [1.29, 1.82) is 0 Å². The first-order chi connectivity index (χ1) is 13.2. The van der Waals surface area contributed by atoms with Crippen LogP contribution in [0, 0.1) is 5.82 Å². The largest absolute Gasteiger partial charge is 0.369 e. The fourth-order valence-corrected chi connectivity index (χ4v) is 3.96. The Labute approximate surface area is 163 Å². The molecule has 0 saturated carbocycles. The molecule has 2 N–H and O–H groups in total. The summed E-state index contributed by atoms with van der Waals surface area (Å²) in [5, 5.41) is 6.86. The molecule has 0 amide bonds. The van der Waals surface area contributed by atoms with Gasteiger partial charge in [0.25, 0.3) is 0 Å². The number of nitrogens with zero attached hydrogens (tertiary/aromatic N) is 4. The first-order valence-electron chi connectivity index (χ1n) is 9.43. The number of anilines is 3. The molecule has 3 heterocycles. The molecule has 0 bridgehead atoms. The summed E-state index contributed by atoms with van der Waals surface area (Å²) in [6, 6.07) is 5.81. The highest BCUT2D eigenvalue weighted by Crippen LogP contribution is 2.28. The Morgan fingerprint density at radius 1 is 1.07 bits per heavy atom. The zero-order valence-corrected chi connectivity index (χ0v) is 15.9. The van der Waals surface area contributed by atoms with E-state index in [-0.39, 0.29) is 5.82 Å². The molecule has 2 fully saturated rings. The molecular formula is C19H24ClFN6. The normalized spacial score (nSPS) is 19.3. The molecule has 6 nitrogen and oxygen atoms in total. The number of benzene rings is 1. The van der Waals surface area contributed by atoms with Crippen LogP contribution in [-0.2, 0) is 0 Å². The number of hydrogen-bond acceptors (Lipinski definition) is 6. The van der Waals surface area contributed by atoms with E-state index in [4.69, 9.17) is 11.6 Å². The lowest BCUT2D eigenvalue weighted by Gasteiger charge is -2.41. The Balaban J connectivity index is 1.37. The van der Waals surface area contributed by atoms with Crippen LogP contribution in [0.3, 0.4) is 0 Å². The average molecular weight is 391 g/mol. The van der Waals surface area contributed by atoms with Gasteiger partial charge < -0.3 is 15.5 Å². The van der Waals surface area contributed by atoms with Gasteiger partial charge in [-0.1, -0.05) is 11.6 Å². The summed E-state index contributed by atoms with van der Waals surface area (Å²) in [6.45, 7) is 6.15. The van der Waals surface area contributed by atoms with E-state index >= 15 is 0 Å². The van der Waals surface area contributed by atoms with Crippen LogP contribution in [0.4, 0.5) is 21.7 Å². The predicted octanol–water partition coefficient (Wildman–Crippen LogP) is 2.89. The van der Waals surface area contributed by atoms with Gasteiger partial charge in [-0.05, 0) is 31.0 Å². The number of halogens is 2. The van der Waals surface area contributed by atoms with Gasteiger partial charge in [0.2, 0.25) is 5.95 Å². The number of nitrogens with one attached hydrogen (secondary N) is 2. The maximum Gasteiger partial charge on any atom is 0.227 e. The van der Waals surface area contributed by atoms with Crippen molar-refractivity contribution in [3.05, 3.63) is 41.4 Å². The Morgan fingerprint density at radius 2 is 1.78 bits per heavy atom. The monoisotopic (exact) mass is 390 g/mol.